The Morgan fingerprint density at radius 2 is 2.29 bits per heavy atom. The van der Waals surface area contributed by atoms with E-state index in [4.69, 9.17) is 5.26 Å². The number of nitrogens with one attached hydrogen (secondary N) is 1. The van der Waals surface area contributed by atoms with Crippen LogP contribution in [0.4, 0.5) is 0 Å². The van der Waals surface area contributed by atoms with Gasteiger partial charge in [0.25, 0.3) is 0 Å². The average Bonchev–Trinajstić information content (AvgIpc) is 2.76. The Kier molecular flexibility index (Phi) is 3.68. The Bertz CT molecular complexity index is 537. The number of carbonyl (C=O) groups is 1. The molecule has 1 N–H and O–H groups in total. The quantitative estimate of drug-likeness (QED) is 0.836. The van der Waals surface area contributed by atoms with Gasteiger partial charge in [0, 0.05) is 12.8 Å². The van der Waals surface area contributed by atoms with Gasteiger partial charge in [0.2, 0.25) is 5.91 Å². The summed E-state index contributed by atoms with van der Waals surface area (Å²) in [5, 5.41) is 11.8. The third-order valence-corrected chi connectivity index (χ3v) is 3.36. The molecule has 1 amide bonds. The first-order valence-electron chi connectivity index (χ1n) is 5.27. The summed E-state index contributed by atoms with van der Waals surface area (Å²) in [6.07, 6.45) is 0.998. The zero-order valence-corrected chi connectivity index (χ0v) is 9.96. The van der Waals surface area contributed by atoms with Crippen LogP contribution in [0.5, 0.6) is 0 Å². The Morgan fingerprint density at radius 1 is 1.47 bits per heavy atom. The van der Waals surface area contributed by atoms with Crippen molar-refractivity contribution >= 4 is 27.5 Å². The van der Waals surface area contributed by atoms with E-state index in [0.717, 1.165) is 15.2 Å². The lowest BCUT2D eigenvalue weighted by Crippen LogP contribution is -2.23. The van der Waals surface area contributed by atoms with E-state index < -0.39 is 0 Å². The first-order chi connectivity index (χ1) is 8.29. The number of fused-ring (bicyclic) bond motifs is 1. The molecule has 0 spiro atoms. The summed E-state index contributed by atoms with van der Waals surface area (Å²) in [6, 6.07) is 9.78. The Labute approximate surface area is 103 Å². The molecule has 2 aromatic rings. The molecule has 5 heteroatoms. The fraction of sp³-hybridized carbons (Fsp3) is 0.250. The lowest BCUT2D eigenvalue weighted by Gasteiger charge is -1.97. The molecule has 17 heavy (non-hydrogen) atoms. The second kappa shape index (κ2) is 5.41. The summed E-state index contributed by atoms with van der Waals surface area (Å²) < 4.78 is 1.14. The zero-order valence-electron chi connectivity index (χ0n) is 9.14. The molecule has 2 rings (SSSR count). The topological polar surface area (TPSA) is 65.8 Å². The number of rotatable bonds is 4. The van der Waals surface area contributed by atoms with Crippen molar-refractivity contribution in [3.05, 3.63) is 29.3 Å². The van der Waals surface area contributed by atoms with Gasteiger partial charge in [-0.2, -0.15) is 5.26 Å². The van der Waals surface area contributed by atoms with E-state index in [1.807, 2.05) is 30.3 Å². The maximum Gasteiger partial charge on any atom is 0.221 e. The number of para-hydroxylation sites is 1. The number of carbonyl (C=O) groups excluding carboxylic acids is 1. The van der Waals surface area contributed by atoms with Crippen LogP contribution in [0.25, 0.3) is 10.2 Å². The van der Waals surface area contributed by atoms with Crippen LogP contribution in [-0.4, -0.2) is 17.4 Å². The molecule has 1 heterocycles. The van der Waals surface area contributed by atoms with Crippen molar-refractivity contribution in [2.45, 2.75) is 12.8 Å². The molecule has 0 bridgehead atoms. The monoisotopic (exact) mass is 245 g/mol. The minimum Gasteiger partial charge on any atom is -0.343 e. The highest BCUT2D eigenvalue weighted by atomic mass is 32.1. The van der Waals surface area contributed by atoms with Gasteiger partial charge in [0.05, 0.1) is 21.3 Å². The number of benzene rings is 1. The summed E-state index contributed by atoms with van der Waals surface area (Å²) in [5.41, 5.74) is 0.977. The van der Waals surface area contributed by atoms with Gasteiger partial charge >= 0.3 is 0 Å². The molecular weight excluding hydrogens is 234 g/mol. The molecule has 0 aliphatic rings. The van der Waals surface area contributed by atoms with Crippen LogP contribution in [0.3, 0.4) is 0 Å². The van der Waals surface area contributed by atoms with Crippen LogP contribution in [-0.2, 0) is 11.2 Å². The Hall–Kier alpha value is -1.93. The standard InChI is InChI=1S/C12H11N3OS/c13-7-8-14-11(16)5-6-12-15-9-3-1-2-4-10(9)17-12/h1-4H,5-6,8H2,(H,14,16). The van der Waals surface area contributed by atoms with Crippen LogP contribution in [0.1, 0.15) is 11.4 Å². The van der Waals surface area contributed by atoms with Gasteiger partial charge < -0.3 is 5.32 Å². The van der Waals surface area contributed by atoms with Crippen LogP contribution in [0, 0.1) is 11.3 Å². The third-order valence-electron chi connectivity index (χ3n) is 2.27. The minimum atomic E-state index is -0.106. The number of hydrogen-bond donors (Lipinski definition) is 1. The molecule has 0 saturated heterocycles. The second-order valence-electron chi connectivity index (χ2n) is 3.51. The van der Waals surface area contributed by atoms with Gasteiger partial charge in [0.15, 0.2) is 0 Å². The largest absolute Gasteiger partial charge is 0.343 e. The molecule has 0 radical (unpaired) electrons. The number of aromatic nitrogens is 1. The fourth-order valence-electron chi connectivity index (χ4n) is 1.47. The highest BCUT2D eigenvalue weighted by molar-refractivity contribution is 7.18. The van der Waals surface area contributed by atoms with Crippen molar-refractivity contribution < 1.29 is 4.79 Å². The Morgan fingerprint density at radius 3 is 3.06 bits per heavy atom. The van der Waals surface area contributed by atoms with E-state index in [1.165, 1.54) is 0 Å². The maximum atomic E-state index is 11.3. The van der Waals surface area contributed by atoms with Crippen molar-refractivity contribution in [1.29, 1.82) is 5.26 Å². The van der Waals surface area contributed by atoms with Crippen LogP contribution in [0.15, 0.2) is 24.3 Å². The predicted octanol–water partition coefficient (Wildman–Crippen LogP) is 1.87. The van der Waals surface area contributed by atoms with Crippen molar-refractivity contribution in [3.8, 4) is 6.07 Å². The van der Waals surface area contributed by atoms with Crippen molar-refractivity contribution in [3.63, 3.8) is 0 Å². The highest BCUT2D eigenvalue weighted by Crippen LogP contribution is 2.22. The van der Waals surface area contributed by atoms with E-state index in [-0.39, 0.29) is 12.5 Å². The predicted molar refractivity (Wildman–Crippen MR) is 66.6 cm³/mol. The molecule has 0 atom stereocenters. The van der Waals surface area contributed by atoms with E-state index in [9.17, 15) is 4.79 Å². The summed E-state index contributed by atoms with van der Waals surface area (Å²) in [7, 11) is 0. The number of nitrogens with zero attached hydrogens (tertiary/aromatic N) is 2. The maximum absolute atomic E-state index is 11.3. The summed E-state index contributed by atoms with van der Waals surface area (Å²) in [4.78, 5) is 15.7. The zero-order chi connectivity index (χ0) is 12.1. The van der Waals surface area contributed by atoms with E-state index >= 15 is 0 Å². The lowest BCUT2D eigenvalue weighted by molar-refractivity contribution is -0.120. The fourth-order valence-corrected chi connectivity index (χ4v) is 2.44. The van der Waals surface area contributed by atoms with Crippen LogP contribution in [0.2, 0.25) is 0 Å². The van der Waals surface area contributed by atoms with Crippen molar-refractivity contribution in [2.24, 2.45) is 0 Å². The van der Waals surface area contributed by atoms with Gasteiger partial charge in [-0.3, -0.25) is 4.79 Å². The summed E-state index contributed by atoms with van der Waals surface area (Å²) in [5.74, 6) is -0.106. The summed E-state index contributed by atoms with van der Waals surface area (Å²) >= 11 is 1.61. The molecule has 86 valence electrons. The molecule has 1 aromatic heterocycles. The number of thiazole rings is 1. The molecule has 0 aliphatic heterocycles. The molecule has 4 nitrogen and oxygen atoms in total. The molecule has 0 saturated carbocycles. The highest BCUT2D eigenvalue weighted by Gasteiger charge is 2.06. The van der Waals surface area contributed by atoms with E-state index in [2.05, 4.69) is 10.3 Å². The van der Waals surface area contributed by atoms with Gasteiger partial charge in [-0.15, -0.1) is 11.3 Å². The van der Waals surface area contributed by atoms with Crippen molar-refractivity contribution in [2.75, 3.05) is 6.54 Å². The molecule has 0 fully saturated rings. The number of nitriles is 1. The van der Waals surface area contributed by atoms with Gasteiger partial charge in [0.1, 0.15) is 6.54 Å². The molecule has 0 aliphatic carbocycles. The Balaban J connectivity index is 1.95. The normalized spacial score (nSPS) is 10.1. The smallest absolute Gasteiger partial charge is 0.221 e. The lowest BCUT2D eigenvalue weighted by atomic mass is 10.3. The van der Waals surface area contributed by atoms with Crippen LogP contribution >= 0.6 is 11.3 Å². The van der Waals surface area contributed by atoms with Gasteiger partial charge in [-0.05, 0) is 12.1 Å². The van der Waals surface area contributed by atoms with Gasteiger partial charge in [-0.25, -0.2) is 4.98 Å². The molecule has 1 aromatic carbocycles. The SMILES string of the molecule is N#CCNC(=O)CCc1nc2ccccc2s1. The number of amides is 1. The third kappa shape index (κ3) is 3.02. The van der Waals surface area contributed by atoms with E-state index in [1.54, 1.807) is 11.3 Å². The summed E-state index contributed by atoms with van der Waals surface area (Å²) in [6.45, 7) is 0.0681. The van der Waals surface area contributed by atoms with E-state index in [0.29, 0.717) is 12.8 Å². The molecular formula is C12H11N3OS. The average molecular weight is 245 g/mol. The van der Waals surface area contributed by atoms with Gasteiger partial charge in [-0.1, -0.05) is 12.1 Å². The minimum absolute atomic E-state index is 0.0681. The van der Waals surface area contributed by atoms with Crippen LogP contribution < -0.4 is 5.32 Å². The number of hydrogen-bond acceptors (Lipinski definition) is 4. The second-order valence-corrected chi connectivity index (χ2v) is 4.63. The van der Waals surface area contributed by atoms with Crippen molar-refractivity contribution in [1.82, 2.24) is 10.3 Å². The number of aryl methyl sites for hydroxylation is 1. The first-order valence-corrected chi connectivity index (χ1v) is 6.09. The first kappa shape index (κ1) is 11.6. The molecule has 0 unspecified atom stereocenters.